The number of amides is 1. The van der Waals surface area contributed by atoms with Crippen LogP contribution in [0.4, 0.5) is 11.4 Å². The normalized spacial score (nSPS) is 13.5. The van der Waals surface area contributed by atoms with Gasteiger partial charge in [-0.2, -0.15) is 5.26 Å². The van der Waals surface area contributed by atoms with Crippen LogP contribution in [0, 0.1) is 11.3 Å². The lowest BCUT2D eigenvalue weighted by Gasteiger charge is -2.32. The number of carbonyl (C=O) groups is 1. The highest BCUT2D eigenvalue weighted by Gasteiger charge is 2.29. The number of benzene rings is 1. The van der Waals surface area contributed by atoms with Crippen molar-refractivity contribution in [1.29, 1.82) is 5.26 Å². The number of thiophene rings is 1. The van der Waals surface area contributed by atoms with Crippen LogP contribution in [0.15, 0.2) is 41.3 Å². The number of aliphatic hydroxyl groups is 1. The molecule has 1 amide bonds. The fourth-order valence-electron chi connectivity index (χ4n) is 4.89. The van der Waals surface area contributed by atoms with Gasteiger partial charge in [0.1, 0.15) is 11.2 Å². The molecule has 0 saturated heterocycles. The Kier molecular flexibility index (Phi) is 6.18. The summed E-state index contributed by atoms with van der Waals surface area (Å²) in [6.07, 6.45) is 3.60. The molecule has 0 aliphatic carbocycles. The summed E-state index contributed by atoms with van der Waals surface area (Å²) in [6, 6.07) is 11.7. The molecule has 3 aromatic heterocycles. The average molecular weight is 516 g/mol. The SMILES string of the molecule is CCNC(=O)c1cc2c(-c3sc(C(C)(C)O)cc3N3CCCc4cc(C#N)ccc43)cn(C)c(=O)c2[nH]1. The zero-order chi connectivity index (χ0) is 26.5. The van der Waals surface area contributed by atoms with Crippen molar-refractivity contribution in [2.24, 2.45) is 7.05 Å². The molecule has 0 saturated carbocycles. The predicted molar refractivity (Wildman–Crippen MR) is 147 cm³/mol. The molecule has 190 valence electrons. The molecule has 4 aromatic rings. The van der Waals surface area contributed by atoms with Gasteiger partial charge in [0.25, 0.3) is 11.5 Å². The molecule has 0 fully saturated rings. The number of anilines is 2. The molecule has 0 unspecified atom stereocenters. The van der Waals surface area contributed by atoms with Crippen LogP contribution in [0.1, 0.15) is 53.7 Å². The molecule has 1 aromatic carbocycles. The summed E-state index contributed by atoms with van der Waals surface area (Å²) in [5.41, 5.74) is 3.91. The number of pyridine rings is 1. The summed E-state index contributed by atoms with van der Waals surface area (Å²) in [4.78, 5) is 32.5. The first kappa shape index (κ1) is 24.8. The van der Waals surface area contributed by atoms with Crippen LogP contribution in [-0.2, 0) is 19.1 Å². The molecule has 37 heavy (non-hydrogen) atoms. The van der Waals surface area contributed by atoms with Gasteiger partial charge in [-0.3, -0.25) is 9.59 Å². The fourth-order valence-corrected chi connectivity index (χ4v) is 6.07. The summed E-state index contributed by atoms with van der Waals surface area (Å²) < 4.78 is 1.52. The van der Waals surface area contributed by atoms with Crippen LogP contribution in [-0.4, -0.2) is 33.7 Å². The number of aromatic amines is 1. The highest BCUT2D eigenvalue weighted by Crippen LogP contribution is 2.48. The summed E-state index contributed by atoms with van der Waals surface area (Å²) in [5.74, 6) is -0.270. The first-order valence-electron chi connectivity index (χ1n) is 12.3. The Morgan fingerprint density at radius 2 is 2.05 bits per heavy atom. The third-order valence-corrected chi connectivity index (χ3v) is 8.20. The second kappa shape index (κ2) is 9.21. The number of aryl methyl sites for hydroxylation is 2. The molecule has 9 heteroatoms. The molecule has 0 atom stereocenters. The van der Waals surface area contributed by atoms with Crippen LogP contribution >= 0.6 is 11.3 Å². The number of nitrogens with zero attached hydrogens (tertiary/aromatic N) is 3. The molecule has 0 radical (unpaired) electrons. The topological polar surface area (TPSA) is 114 Å². The highest BCUT2D eigenvalue weighted by molar-refractivity contribution is 7.16. The van der Waals surface area contributed by atoms with Crippen LogP contribution in [0.3, 0.4) is 0 Å². The van der Waals surface area contributed by atoms with Gasteiger partial charge in [-0.05, 0) is 69.5 Å². The Bertz CT molecular complexity index is 1630. The number of nitrogens with one attached hydrogen (secondary N) is 2. The predicted octanol–water partition coefficient (Wildman–Crippen LogP) is 4.53. The largest absolute Gasteiger partial charge is 0.385 e. The second-order valence-electron chi connectivity index (χ2n) is 9.88. The third-order valence-electron chi connectivity index (χ3n) is 6.72. The summed E-state index contributed by atoms with van der Waals surface area (Å²) >= 11 is 1.48. The maximum absolute atomic E-state index is 13.0. The van der Waals surface area contributed by atoms with E-state index in [4.69, 9.17) is 0 Å². The lowest BCUT2D eigenvalue weighted by molar-refractivity contribution is 0.0825. The third kappa shape index (κ3) is 4.32. The minimum absolute atomic E-state index is 0.220. The molecule has 0 bridgehead atoms. The Balaban J connectivity index is 1.76. The minimum Gasteiger partial charge on any atom is -0.385 e. The van der Waals surface area contributed by atoms with Crippen molar-refractivity contribution in [1.82, 2.24) is 14.9 Å². The van der Waals surface area contributed by atoms with E-state index in [1.165, 1.54) is 15.9 Å². The number of hydrogen-bond donors (Lipinski definition) is 3. The number of nitriles is 1. The first-order chi connectivity index (χ1) is 17.6. The van der Waals surface area contributed by atoms with Gasteiger partial charge in [0, 0.05) is 47.8 Å². The number of hydrogen-bond acceptors (Lipinski definition) is 6. The van der Waals surface area contributed by atoms with Crippen LogP contribution in [0.5, 0.6) is 0 Å². The number of carbonyl (C=O) groups excluding carboxylic acids is 1. The lowest BCUT2D eigenvalue weighted by Crippen LogP contribution is -2.25. The van der Waals surface area contributed by atoms with E-state index >= 15 is 0 Å². The molecule has 4 heterocycles. The van der Waals surface area contributed by atoms with E-state index in [1.54, 1.807) is 33.2 Å². The summed E-state index contributed by atoms with van der Waals surface area (Å²) in [5, 5.41) is 23.7. The van der Waals surface area contributed by atoms with Crippen molar-refractivity contribution in [3.63, 3.8) is 0 Å². The number of H-pyrrole nitrogens is 1. The van der Waals surface area contributed by atoms with E-state index in [1.807, 2.05) is 31.2 Å². The number of fused-ring (bicyclic) bond motifs is 2. The molecule has 3 N–H and O–H groups in total. The van der Waals surface area contributed by atoms with E-state index in [-0.39, 0.29) is 11.5 Å². The molecule has 1 aliphatic heterocycles. The van der Waals surface area contributed by atoms with E-state index < -0.39 is 5.60 Å². The van der Waals surface area contributed by atoms with Crippen molar-refractivity contribution in [2.75, 3.05) is 18.0 Å². The van der Waals surface area contributed by atoms with Crippen molar-refractivity contribution >= 4 is 39.5 Å². The molecular weight excluding hydrogens is 486 g/mol. The van der Waals surface area contributed by atoms with Crippen molar-refractivity contribution in [2.45, 2.75) is 39.2 Å². The molecule has 5 rings (SSSR count). The van der Waals surface area contributed by atoms with Crippen molar-refractivity contribution < 1.29 is 9.90 Å². The number of aromatic nitrogens is 2. The Morgan fingerprint density at radius 1 is 1.27 bits per heavy atom. The lowest BCUT2D eigenvalue weighted by atomic mass is 9.98. The van der Waals surface area contributed by atoms with Gasteiger partial charge >= 0.3 is 0 Å². The summed E-state index contributed by atoms with van der Waals surface area (Å²) in [7, 11) is 1.70. The fraction of sp³-hybridized carbons (Fsp3) is 0.321. The monoisotopic (exact) mass is 515 g/mol. The Hall–Kier alpha value is -3.87. The second-order valence-corrected chi connectivity index (χ2v) is 10.9. The van der Waals surface area contributed by atoms with Gasteiger partial charge in [-0.25, -0.2) is 0 Å². The molecule has 1 aliphatic rings. The Labute approximate surface area is 218 Å². The van der Waals surface area contributed by atoms with Gasteiger partial charge in [0.2, 0.25) is 0 Å². The van der Waals surface area contributed by atoms with Gasteiger partial charge in [0.05, 0.1) is 27.8 Å². The maximum Gasteiger partial charge on any atom is 0.274 e. The highest BCUT2D eigenvalue weighted by atomic mass is 32.1. The molecule has 8 nitrogen and oxygen atoms in total. The van der Waals surface area contributed by atoms with Crippen LogP contribution in [0.2, 0.25) is 0 Å². The minimum atomic E-state index is -1.06. The van der Waals surface area contributed by atoms with Crippen LogP contribution < -0.4 is 15.8 Å². The van der Waals surface area contributed by atoms with Crippen LogP contribution in [0.25, 0.3) is 21.3 Å². The van der Waals surface area contributed by atoms with Crippen molar-refractivity contribution in [3.05, 3.63) is 68.6 Å². The zero-order valence-electron chi connectivity index (χ0n) is 21.3. The quantitative estimate of drug-likeness (QED) is 0.361. The zero-order valence-corrected chi connectivity index (χ0v) is 22.1. The standard InChI is InChI=1S/C28H29N5O3S/c1-5-30-26(34)20-12-18-19(15-32(4)27(35)24(18)31-20)25-22(13-23(37-25)28(2,3)36)33-10-6-7-17-11-16(14-29)8-9-21(17)33/h8-9,11-13,15,31,36H,5-7,10H2,1-4H3,(H,30,34). The number of rotatable bonds is 5. The average Bonchev–Trinajstić information content (AvgIpc) is 3.51. The first-order valence-corrected chi connectivity index (χ1v) is 13.1. The molecular formula is C28H29N5O3S. The van der Waals surface area contributed by atoms with Crippen molar-refractivity contribution in [3.8, 4) is 16.5 Å². The van der Waals surface area contributed by atoms with Gasteiger partial charge in [0.15, 0.2) is 0 Å². The van der Waals surface area contributed by atoms with E-state index in [9.17, 15) is 20.0 Å². The smallest absolute Gasteiger partial charge is 0.274 e. The van der Waals surface area contributed by atoms with E-state index in [2.05, 4.69) is 21.3 Å². The van der Waals surface area contributed by atoms with Gasteiger partial charge < -0.3 is 24.9 Å². The van der Waals surface area contributed by atoms with E-state index in [0.717, 1.165) is 51.6 Å². The van der Waals surface area contributed by atoms with Gasteiger partial charge in [-0.1, -0.05) is 0 Å². The van der Waals surface area contributed by atoms with Gasteiger partial charge in [-0.15, -0.1) is 11.3 Å². The maximum atomic E-state index is 13.0. The van der Waals surface area contributed by atoms with E-state index in [0.29, 0.717) is 28.7 Å². The molecule has 0 spiro atoms. The summed E-state index contributed by atoms with van der Waals surface area (Å²) in [6.45, 7) is 6.62. The Morgan fingerprint density at radius 3 is 2.76 bits per heavy atom.